The van der Waals surface area contributed by atoms with Crippen LogP contribution in [-0.2, 0) is 5.16 Å². The Balaban J connectivity index is 2.04. The lowest BCUT2D eigenvalue weighted by Crippen LogP contribution is -2.31. The third-order valence-corrected chi connectivity index (χ3v) is 5.95. The van der Waals surface area contributed by atoms with Gasteiger partial charge in [-0.05, 0) is 37.6 Å². The first-order chi connectivity index (χ1) is 8.71. The molecule has 92 valence electrons. The van der Waals surface area contributed by atoms with Gasteiger partial charge in [-0.3, -0.25) is 0 Å². The van der Waals surface area contributed by atoms with Gasteiger partial charge in [0.15, 0.2) is 0 Å². The molecule has 0 amide bonds. The predicted octanol–water partition coefficient (Wildman–Crippen LogP) is 4.63. The summed E-state index contributed by atoms with van der Waals surface area (Å²) >= 11 is 0. The normalized spacial score (nSPS) is 18.6. The molecule has 0 aliphatic carbocycles. The maximum absolute atomic E-state index is 2.32. The summed E-state index contributed by atoms with van der Waals surface area (Å²) in [5.41, 5.74) is 5.70. The van der Waals surface area contributed by atoms with Gasteiger partial charge in [0.1, 0.15) is 0 Å². The van der Waals surface area contributed by atoms with E-state index in [2.05, 4.69) is 62.4 Å². The van der Waals surface area contributed by atoms with Crippen molar-refractivity contribution in [2.75, 3.05) is 6.16 Å². The minimum Gasteiger partial charge on any atom is -0.106 e. The zero-order valence-corrected chi connectivity index (χ0v) is 12.0. The van der Waals surface area contributed by atoms with Crippen molar-refractivity contribution in [3.8, 4) is 0 Å². The molecular formula is C17H19P. The quantitative estimate of drug-likeness (QED) is 0.685. The van der Waals surface area contributed by atoms with Gasteiger partial charge >= 0.3 is 0 Å². The molecule has 1 unspecified atom stereocenters. The van der Waals surface area contributed by atoms with Crippen LogP contribution in [-0.4, -0.2) is 6.16 Å². The van der Waals surface area contributed by atoms with E-state index in [-0.39, 0.29) is 0 Å². The van der Waals surface area contributed by atoms with Crippen molar-refractivity contribution in [3.63, 3.8) is 0 Å². The fourth-order valence-corrected chi connectivity index (χ4v) is 4.20. The van der Waals surface area contributed by atoms with Crippen molar-refractivity contribution in [1.29, 1.82) is 0 Å². The Morgan fingerprint density at radius 3 is 1.44 bits per heavy atom. The van der Waals surface area contributed by atoms with Gasteiger partial charge in [-0.2, -0.15) is 0 Å². The maximum Gasteiger partial charge on any atom is 0.0376 e. The lowest BCUT2D eigenvalue weighted by Gasteiger charge is -2.43. The average molecular weight is 254 g/mol. The Morgan fingerprint density at radius 1 is 0.778 bits per heavy atom. The Hall–Kier alpha value is -1.13. The Labute approximate surface area is 111 Å². The molecule has 3 rings (SSSR count). The third kappa shape index (κ3) is 1.89. The molecule has 0 N–H and O–H groups in total. The highest BCUT2D eigenvalue weighted by molar-refractivity contribution is 7.41. The first-order valence-corrected chi connectivity index (χ1v) is 7.81. The Morgan fingerprint density at radius 2 is 1.17 bits per heavy atom. The van der Waals surface area contributed by atoms with Crippen LogP contribution in [0.3, 0.4) is 0 Å². The Kier molecular flexibility index (Phi) is 2.99. The van der Waals surface area contributed by atoms with Crippen molar-refractivity contribution < 1.29 is 0 Å². The van der Waals surface area contributed by atoms with E-state index in [9.17, 15) is 0 Å². The maximum atomic E-state index is 2.32. The fraction of sp³-hybridized carbons (Fsp3) is 0.294. The number of aryl methyl sites for hydroxylation is 2. The van der Waals surface area contributed by atoms with Crippen molar-refractivity contribution in [3.05, 3.63) is 70.8 Å². The van der Waals surface area contributed by atoms with Crippen LogP contribution in [0.2, 0.25) is 0 Å². The largest absolute Gasteiger partial charge is 0.106 e. The summed E-state index contributed by atoms with van der Waals surface area (Å²) in [5.74, 6) is 0. The van der Waals surface area contributed by atoms with Gasteiger partial charge in [0, 0.05) is 5.16 Å². The lowest BCUT2D eigenvalue weighted by molar-refractivity contribution is 0.655. The highest BCUT2D eigenvalue weighted by Crippen LogP contribution is 2.58. The number of rotatable bonds is 2. The van der Waals surface area contributed by atoms with Gasteiger partial charge in [0.05, 0.1) is 0 Å². The van der Waals surface area contributed by atoms with E-state index in [0.717, 1.165) is 8.58 Å². The summed E-state index contributed by atoms with van der Waals surface area (Å²) in [6.45, 7) is 4.32. The van der Waals surface area contributed by atoms with Crippen LogP contribution in [0.15, 0.2) is 48.5 Å². The average Bonchev–Trinajstić information content (AvgIpc) is 2.32. The molecule has 1 heteroatoms. The second-order valence-corrected chi connectivity index (χ2v) is 7.02. The first kappa shape index (κ1) is 11.9. The first-order valence-electron chi connectivity index (χ1n) is 6.60. The van der Waals surface area contributed by atoms with Crippen LogP contribution in [0.5, 0.6) is 0 Å². The van der Waals surface area contributed by atoms with E-state index in [1.54, 1.807) is 0 Å². The highest BCUT2D eigenvalue weighted by Gasteiger charge is 2.39. The molecule has 0 nitrogen and oxygen atoms in total. The molecule has 0 spiro atoms. The van der Waals surface area contributed by atoms with Gasteiger partial charge in [-0.25, -0.2) is 0 Å². The molecule has 0 radical (unpaired) electrons. The van der Waals surface area contributed by atoms with Gasteiger partial charge < -0.3 is 0 Å². The minimum atomic E-state index is 0.321. The van der Waals surface area contributed by atoms with Crippen molar-refractivity contribution >= 4 is 8.58 Å². The van der Waals surface area contributed by atoms with E-state index in [1.165, 1.54) is 34.8 Å². The van der Waals surface area contributed by atoms with Crippen LogP contribution in [0.25, 0.3) is 0 Å². The van der Waals surface area contributed by atoms with Crippen molar-refractivity contribution in [2.24, 2.45) is 0 Å². The van der Waals surface area contributed by atoms with Crippen LogP contribution in [0.1, 0.15) is 28.7 Å². The zero-order valence-electron chi connectivity index (χ0n) is 11.0. The molecule has 18 heavy (non-hydrogen) atoms. The predicted molar refractivity (Wildman–Crippen MR) is 80.9 cm³/mol. The molecule has 2 aromatic rings. The van der Waals surface area contributed by atoms with Gasteiger partial charge in [0.2, 0.25) is 0 Å². The molecule has 2 aromatic carbocycles. The molecule has 1 saturated heterocycles. The molecule has 1 aliphatic heterocycles. The summed E-state index contributed by atoms with van der Waals surface area (Å²) in [5, 5.41) is 0.321. The SMILES string of the molecule is Cc1ccc(C2(c3ccc(C)cc3)CCP2)cc1. The molecule has 0 bridgehead atoms. The topological polar surface area (TPSA) is 0 Å². The second-order valence-electron chi connectivity index (χ2n) is 5.31. The van der Waals surface area contributed by atoms with Crippen LogP contribution in [0.4, 0.5) is 0 Å². The van der Waals surface area contributed by atoms with E-state index in [4.69, 9.17) is 0 Å². The minimum absolute atomic E-state index is 0.321. The highest BCUT2D eigenvalue weighted by atomic mass is 31.1. The van der Waals surface area contributed by atoms with E-state index in [1.807, 2.05) is 0 Å². The lowest BCUT2D eigenvalue weighted by atomic mass is 9.86. The van der Waals surface area contributed by atoms with Crippen molar-refractivity contribution in [1.82, 2.24) is 0 Å². The monoisotopic (exact) mass is 254 g/mol. The second kappa shape index (κ2) is 4.52. The zero-order chi connectivity index (χ0) is 12.6. The third-order valence-electron chi connectivity index (χ3n) is 4.02. The molecular weight excluding hydrogens is 235 g/mol. The molecule has 1 fully saturated rings. The van der Waals surface area contributed by atoms with Gasteiger partial charge in [0.25, 0.3) is 0 Å². The van der Waals surface area contributed by atoms with E-state index < -0.39 is 0 Å². The van der Waals surface area contributed by atoms with Gasteiger partial charge in [-0.1, -0.05) is 59.7 Å². The van der Waals surface area contributed by atoms with Crippen LogP contribution >= 0.6 is 8.58 Å². The molecule has 1 atom stereocenters. The molecule has 1 aliphatic rings. The standard InChI is InChI=1S/C17H19P/c1-13-3-7-15(8-4-13)17(11-12-18-17)16-9-5-14(2)6-10-16/h3-10,18H,11-12H2,1-2H3. The van der Waals surface area contributed by atoms with E-state index in [0.29, 0.717) is 5.16 Å². The van der Waals surface area contributed by atoms with Gasteiger partial charge in [-0.15, -0.1) is 8.58 Å². The summed E-state index contributed by atoms with van der Waals surface area (Å²) in [6.07, 6.45) is 2.68. The fourth-order valence-electron chi connectivity index (χ4n) is 2.71. The Bertz CT molecular complexity index is 485. The van der Waals surface area contributed by atoms with Crippen LogP contribution < -0.4 is 0 Å². The summed E-state index contributed by atoms with van der Waals surface area (Å²) in [7, 11) is 1.03. The van der Waals surface area contributed by atoms with Crippen LogP contribution in [0, 0.1) is 13.8 Å². The summed E-state index contributed by atoms with van der Waals surface area (Å²) in [6, 6.07) is 18.3. The number of benzene rings is 2. The molecule has 1 heterocycles. The smallest absolute Gasteiger partial charge is 0.0376 e. The van der Waals surface area contributed by atoms with Crippen molar-refractivity contribution in [2.45, 2.75) is 25.4 Å². The number of hydrogen-bond acceptors (Lipinski definition) is 0. The molecule has 0 saturated carbocycles. The molecule has 0 aromatic heterocycles. The summed E-state index contributed by atoms with van der Waals surface area (Å²) < 4.78 is 0. The summed E-state index contributed by atoms with van der Waals surface area (Å²) in [4.78, 5) is 0. The number of hydrogen-bond donors (Lipinski definition) is 0. The van der Waals surface area contributed by atoms with E-state index >= 15 is 0 Å².